The molecule has 0 bridgehead atoms. The fraction of sp³-hybridized carbons (Fsp3) is 0.0667. The predicted molar refractivity (Wildman–Crippen MR) is 85.1 cm³/mol. The van der Waals surface area contributed by atoms with Gasteiger partial charge in [-0.2, -0.15) is 0 Å². The van der Waals surface area contributed by atoms with Crippen molar-refractivity contribution in [3.8, 4) is 0 Å². The number of halogens is 3. The van der Waals surface area contributed by atoms with E-state index in [0.717, 1.165) is 0 Å². The molecule has 0 aliphatic heterocycles. The number of hydrogen-bond donors (Lipinski definition) is 0. The van der Waals surface area contributed by atoms with Crippen LogP contribution in [0.1, 0.15) is 20.7 Å². The SMILES string of the molecule is ClC(Cl)Cl.O=C(OOC(=O)c1ccccc1)c1ccccc1. The van der Waals surface area contributed by atoms with E-state index in [-0.39, 0.29) is 0 Å². The second-order valence-corrected chi connectivity index (χ2v) is 5.70. The van der Waals surface area contributed by atoms with Crippen LogP contribution >= 0.6 is 34.8 Å². The number of alkyl halides is 3. The molecule has 4 nitrogen and oxygen atoms in total. The minimum Gasteiger partial charge on any atom is -0.242 e. The number of benzene rings is 2. The Bertz CT molecular complexity index is 534. The molecule has 116 valence electrons. The van der Waals surface area contributed by atoms with E-state index in [1.807, 2.05) is 0 Å². The van der Waals surface area contributed by atoms with Crippen LogP contribution in [0, 0.1) is 0 Å². The van der Waals surface area contributed by atoms with Crippen molar-refractivity contribution in [3.63, 3.8) is 0 Å². The summed E-state index contributed by atoms with van der Waals surface area (Å²) in [5, 5.41) is 0. The smallest absolute Gasteiger partial charge is 0.242 e. The summed E-state index contributed by atoms with van der Waals surface area (Å²) in [6.07, 6.45) is 0. The molecule has 0 saturated carbocycles. The van der Waals surface area contributed by atoms with E-state index in [4.69, 9.17) is 34.8 Å². The van der Waals surface area contributed by atoms with Crippen molar-refractivity contribution in [2.24, 2.45) is 0 Å². The molecule has 0 radical (unpaired) electrons. The molecule has 2 rings (SSSR count). The molecule has 0 atom stereocenters. The fourth-order valence-corrected chi connectivity index (χ4v) is 1.32. The lowest BCUT2D eigenvalue weighted by molar-refractivity contribution is -0.187. The molecule has 0 saturated heterocycles. The van der Waals surface area contributed by atoms with Gasteiger partial charge in [0.1, 0.15) is 0 Å². The second kappa shape index (κ2) is 10.1. The molecule has 0 spiro atoms. The van der Waals surface area contributed by atoms with E-state index in [1.165, 1.54) is 0 Å². The van der Waals surface area contributed by atoms with Crippen LogP contribution in [0.15, 0.2) is 60.7 Å². The molecule has 0 aromatic heterocycles. The van der Waals surface area contributed by atoms with E-state index in [2.05, 4.69) is 9.78 Å². The summed E-state index contributed by atoms with van der Waals surface area (Å²) >= 11 is 14.4. The zero-order valence-corrected chi connectivity index (χ0v) is 13.4. The highest BCUT2D eigenvalue weighted by molar-refractivity contribution is 6.63. The summed E-state index contributed by atoms with van der Waals surface area (Å²) in [7, 11) is 0. The lowest BCUT2D eigenvalue weighted by atomic mass is 10.2. The summed E-state index contributed by atoms with van der Waals surface area (Å²) in [4.78, 5) is 31.9. The van der Waals surface area contributed by atoms with Crippen LogP contribution in [-0.2, 0) is 9.78 Å². The van der Waals surface area contributed by atoms with Crippen LogP contribution in [-0.4, -0.2) is 16.2 Å². The monoisotopic (exact) mass is 360 g/mol. The Kier molecular flexibility index (Phi) is 8.36. The van der Waals surface area contributed by atoms with Gasteiger partial charge in [-0.1, -0.05) is 71.2 Å². The first kappa shape index (κ1) is 18.3. The van der Waals surface area contributed by atoms with E-state index in [0.29, 0.717) is 11.1 Å². The maximum Gasteiger partial charge on any atom is 0.386 e. The first-order chi connectivity index (χ1) is 10.5. The molecule has 2 aromatic rings. The lowest BCUT2D eigenvalue weighted by Gasteiger charge is -2.02. The summed E-state index contributed by atoms with van der Waals surface area (Å²) in [6.45, 7) is 0. The molecular weight excluding hydrogens is 351 g/mol. The maximum atomic E-state index is 11.5. The Labute approximate surface area is 142 Å². The van der Waals surface area contributed by atoms with Gasteiger partial charge in [0.2, 0.25) is 0 Å². The zero-order chi connectivity index (χ0) is 16.4. The molecule has 0 aliphatic rings. The van der Waals surface area contributed by atoms with Gasteiger partial charge in [-0.3, -0.25) is 0 Å². The van der Waals surface area contributed by atoms with Crippen LogP contribution in [0.25, 0.3) is 0 Å². The third kappa shape index (κ3) is 7.31. The highest BCUT2D eigenvalue weighted by Gasteiger charge is 2.12. The van der Waals surface area contributed by atoms with E-state index >= 15 is 0 Å². The van der Waals surface area contributed by atoms with Crippen LogP contribution in [0.3, 0.4) is 0 Å². The molecule has 7 heteroatoms. The Morgan fingerprint density at radius 2 is 0.955 bits per heavy atom. The minimum absolute atomic E-state index is 0.318. The van der Waals surface area contributed by atoms with Crippen molar-refractivity contribution in [2.75, 3.05) is 0 Å². The number of carbonyl (C=O) groups excluding carboxylic acids is 2. The highest BCUT2D eigenvalue weighted by Crippen LogP contribution is 2.05. The Morgan fingerprint density at radius 3 is 1.23 bits per heavy atom. The maximum absolute atomic E-state index is 11.5. The van der Waals surface area contributed by atoms with Crippen molar-refractivity contribution in [1.29, 1.82) is 0 Å². The summed E-state index contributed by atoms with van der Waals surface area (Å²) in [5.41, 5.74) is 0.636. The minimum atomic E-state index is -0.750. The first-order valence-corrected chi connectivity index (χ1v) is 7.27. The molecule has 0 N–H and O–H groups in total. The molecule has 0 heterocycles. The molecular formula is C15H11Cl3O4. The molecule has 22 heavy (non-hydrogen) atoms. The summed E-state index contributed by atoms with van der Waals surface area (Å²) in [6, 6.07) is 16.6. The first-order valence-electron chi connectivity index (χ1n) is 5.96. The van der Waals surface area contributed by atoms with E-state index in [1.54, 1.807) is 60.7 Å². The quantitative estimate of drug-likeness (QED) is 0.445. The van der Waals surface area contributed by atoms with Gasteiger partial charge in [-0.15, -0.1) is 0 Å². The topological polar surface area (TPSA) is 52.6 Å². The Morgan fingerprint density at radius 1 is 0.682 bits per heavy atom. The van der Waals surface area contributed by atoms with Gasteiger partial charge in [-0.05, 0) is 24.3 Å². The molecule has 0 aliphatic carbocycles. The van der Waals surface area contributed by atoms with Gasteiger partial charge in [0.05, 0.1) is 11.1 Å². The Balaban J connectivity index is 0.000000541. The number of rotatable bonds is 2. The van der Waals surface area contributed by atoms with Crippen molar-refractivity contribution in [2.45, 2.75) is 4.30 Å². The van der Waals surface area contributed by atoms with Crippen LogP contribution in [0.4, 0.5) is 0 Å². The molecule has 0 fully saturated rings. The molecule has 2 aromatic carbocycles. The summed E-state index contributed by atoms with van der Waals surface area (Å²) < 4.78 is -0.750. The van der Waals surface area contributed by atoms with Crippen molar-refractivity contribution >= 4 is 46.7 Å². The van der Waals surface area contributed by atoms with Gasteiger partial charge in [-0.25, -0.2) is 19.4 Å². The second-order valence-electron chi connectivity index (χ2n) is 3.72. The standard InChI is InChI=1S/C14H10O4.CHCl3/c15-13(11-7-3-1-4-8-11)17-18-14(16)12-9-5-2-6-10-12;2-1(3)4/h1-10H;1H. The van der Waals surface area contributed by atoms with Gasteiger partial charge >= 0.3 is 11.9 Å². The van der Waals surface area contributed by atoms with Crippen LogP contribution in [0.2, 0.25) is 0 Å². The van der Waals surface area contributed by atoms with Gasteiger partial charge in [0.15, 0.2) is 4.30 Å². The van der Waals surface area contributed by atoms with E-state index in [9.17, 15) is 9.59 Å². The predicted octanol–water partition coefficient (Wildman–Crippen LogP) is 4.60. The third-order valence-corrected chi connectivity index (χ3v) is 2.21. The number of hydrogen-bond acceptors (Lipinski definition) is 4. The van der Waals surface area contributed by atoms with Crippen molar-refractivity contribution in [3.05, 3.63) is 71.8 Å². The Hall–Kier alpha value is -1.75. The van der Waals surface area contributed by atoms with Gasteiger partial charge in [0.25, 0.3) is 0 Å². The van der Waals surface area contributed by atoms with Crippen molar-refractivity contribution in [1.82, 2.24) is 0 Å². The summed E-state index contributed by atoms with van der Waals surface area (Å²) in [5.74, 6) is -1.42. The molecule has 0 unspecified atom stereocenters. The van der Waals surface area contributed by atoms with E-state index < -0.39 is 16.2 Å². The van der Waals surface area contributed by atoms with Gasteiger partial charge in [0, 0.05) is 0 Å². The van der Waals surface area contributed by atoms with Crippen LogP contribution in [0.5, 0.6) is 0 Å². The average molecular weight is 362 g/mol. The highest BCUT2D eigenvalue weighted by atomic mass is 35.6. The largest absolute Gasteiger partial charge is 0.386 e. The average Bonchev–Trinajstić information content (AvgIpc) is 2.53. The number of carbonyl (C=O) groups is 2. The van der Waals surface area contributed by atoms with Crippen LogP contribution < -0.4 is 0 Å². The fourth-order valence-electron chi connectivity index (χ4n) is 1.32. The third-order valence-electron chi connectivity index (χ3n) is 2.21. The lowest BCUT2D eigenvalue weighted by Crippen LogP contribution is -2.11. The zero-order valence-electron chi connectivity index (χ0n) is 11.1. The normalized spacial score (nSPS) is 9.45. The molecule has 0 amide bonds. The van der Waals surface area contributed by atoms with Gasteiger partial charge < -0.3 is 0 Å². The van der Waals surface area contributed by atoms with Crippen molar-refractivity contribution < 1.29 is 19.4 Å².